The molecule has 0 aromatic heterocycles. The molecule has 0 aromatic carbocycles. The quantitative estimate of drug-likeness (QED) is 0.155. The van der Waals surface area contributed by atoms with Crippen molar-refractivity contribution >= 4 is 23.7 Å². The second-order valence-electron chi connectivity index (χ2n) is 20.5. The Balaban J connectivity index is 1.19. The Hall–Kier alpha value is -2.58. The summed E-state index contributed by atoms with van der Waals surface area (Å²) in [6.45, 7) is 12.0. The molecule has 6 fully saturated rings. The van der Waals surface area contributed by atoms with Crippen LogP contribution in [0.1, 0.15) is 99.3 Å². The van der Waals surface area contributed by atoms with Gasteiger partial charge in [0.25, 0.3) is 0 Å². The molecule has 4 saturated carbocycles. The highest BCUT2D eigenvalue weighted by Crippen LogP contribution is 2.75. The first-order valence-electron chi connectivity index (χ1n) is 20.9. The summed E-state index contributed by atoms with van der Waals surface area (Å²) in [5, 5.41) is 94.3. The van der Waals surface area contributed by atoms with Gasteiger partial charge in [0.1, 0.15) is 36.6 Å². The molecule has 0 amide bonds. The van der Waals surface area contributed by atoms with E-state index in [1.807, 2.05) is 19.9 Å². The molecule has 59 heavy (non-hydrogen) atoms. The summed E-state index contributed by atoms with van der Waals surface area (Å²) in [6, 6.07) is 0. The van der Waals surface area contributed by atoms with Crippen LogP contribution in [-0.4, -0.2) is 144 Å². The van der Waals surface area contributed by atoms with Gasteiger partial charge in [-0.1, -0.05) is 40.2 Å². The van der Waals surface area contributed by atoms with E-state index in [4.69, 9.17) is 18.9 Å². The van der Waals surface area contributed by atoms with Crippen LogP contribution < -0.4 is 0 Å². The fourth-order valence-electron chi connectivity index (χ4n) is 13.4. The number of aliphatic hydroxyl groups excluding tert-OH is 6. The minimum atomic E-state index is -2.10. The van der Waals surface area contributed by atoms with Crippen LogP contribution in [0, 0.1) is 50.2 Å². The molecule has 0 spiro atoms. The van der Waals surface area contributed by atoms with Crippen molar-refractivity contribution in [2.75, 3.05) is 6.61 Å². The number of rotatable bonds is 8. The van der Waals surface area contributed by atoms with E-state index in [1.54, 1.807) is 0 Å². The van der Waals surface area contributed by atoms with Crippen molar-refractivity contribution < 1.29 is 84.1 Å². The van der Waals surface area contributed by atoms with Gasteiger partial charge in [-0.3, -0.25) is 9.59 Å². The molecule has 0 radical (unpaired) electrons. The zero-order valence-corrected chi connectivity index (χ0v) is 34.5. The first-order chi connectivity index (χ1) is 27.3. The number of aliphatic carboxylic acids is 3. The van der Waals surface area contributed by atoms with Crippen molar-refractivity contribution in [1.82, 2.24) is 0 Å². The number of hydrogen-bond donors (Lipinski definition) is 9. The average molecular weight is 839 g/mol. The number of fused-ring (bicyclic) bond motifs is 7. The van der Waals surface area contributed by atoms with E-state index >= 15 is 0 Å². The monoisotopic (exact) mass is 838 g/mol. The number of ether oxygens (including phenoxy) is 4. The summed E-state index contributed by atoms with van der Waals surface area (Å²) in [5.41, 5.74) is -2.63. The summed E-state index contributed by atoms with van der Waals surface area (Å²) in [4.78, 5) is 51.4. The summed E-state index contributed by atoms with van der Waals surface area (Å²) in [7, 11) is 0. The van der Waals surface area contributed by atoms with Crippen LogP contribution in [0.2, 0.25) is 0 Å². The summed E-state index contributed by atoms with van der Waals surface area (Å²) >= 11 is 0. The number of carbonyl (C=O) groups excluding carboxylic acids is 1. The summed E-state index contributed by atoms with van der Waals surface area (Å²) in [5.74, 6) is -5.02. The Bertz CT molecular complexity index is 1750. The van der Waals surface area contributed by atoms with Crippen molar-refractivity contribution in [3.8, 4) is 0 Å². The SMILES string of the molecule is C[C@@]1(C(=O)O)CC[C@]2(C)CC[C@]3(C)C(=CC(=O)[C@@H]4[C@@]5(C)CC[C@@H](O[C@@H]6O[C@H](C(=O)O)[C@@H](O)[C@H](O)[C@H]6O[C@@H]6O[C@H](C(=O)O)[C@@H](O)[C@H](O)[C@H]6O)[C@@](C)(CO)[C@@H]5CC[C@]43C)[C@@H]2C1. The number of aliphatic hydroxyl groups is 6. The van der Waals surface area contributed by atoms with E-state index in [-0.39, 0.29) is 29.5 Å². The van der Waals surface area contributed by atoms with Crippen LogP contribution >= 0.6 is 0 Å². The van der Waals surface area contributed by atoms with E-state index in [0.29, 0.717) is 32.1 Å². The van der Waals surface area contributed by atoms with Crippen molar-refractivity contribution in [3.63, 3.8) is 0 Å². The lowest BCUT2D eigenvalue weighted by Gasteiger charge is -2.70. The second-order valence-corrected chi connectivity index (χ2v) is 20.5. The van der Waals surface area contributed by atoms with Crippen LogP contribution in [-0.2, 0) is 38.1 Å². The predicted octanol–water partition coefficient (Wildman–Crippen LogP) is 1.22. The van der Waals surface area contributed by atoms with E-state index < -0.39 is 125 Å². The molecule has 332 valence electrons. The zero-order valence-electron chi connectivity index (χ0n) is 34.5. The molecule has 0 unspecified atom stereocenters. The number of ketones is 1. The highest BCUT2D eigenvalue weighted by atomic mass is 16.8. The van der Waals surface area contributed by atoms with E-state index in [0.717, 1.165) is 24.8 Å². The maximum Gasteiger partial charge on any atom is 0.335 e. The standard InChI is InChI=1S/C42H62O17/c1-37-11-12-38(2,36(54)55)16-19(37)18-15-20(44)31-39(3)9-8-22(40(4,17-43)21(39)7-10-42(31,6)41(18,5)14-13-37)56-35-30(26(48)25(47)29(58-35)33(52)53)59-34-27(49)23(45)24(46)28(57-34)32(50)51/h15,19,21-31,34-35,43,45-49H,7-14,16-17H2,1-6H3,(H,50,51)(H,52,53)(H,54,55)/t19-,21+,22+,23-,24-,25-,26-,27+,28-,29-,30+,31+,34-,35+,37+,38+,39-,40-,41+,42+/m0/s1. The van der Waals surface area contributed by atoms with Crippen LogP contribution in [0.5, 0.6) is 0 Å². The van der Waals surface area contributed by atoms with Gasteiger partial charge in [0.05, 0.1) is 18.1 Å². The fraction of sp³-hybridized carbons (Fsp3) is 0.857. The molecule has 20 atom stereocenters. The fourth-order valence-corrected chi connectivity index (χ4v) is 13.4. The topological polar surface area (TPSA) is 287 Å². The number of carbonyl (C=O) groups is 4. The average Bonchev–Trinajstić information content (AvgIpc) is 3.16. The number of carboxylic acid groups (broad SMARTS) is 3. The lowest BCUT2D eigenvalue weighted by molar-refractivity contribution is -0.372. The van der Waals surface area contributed by atoms with Crippen LogP contribution in [0.15, 0.2) is 11.6 Å². The maximum absolute atomic E-state index is 14.9. The lowest BCUT2D eigenvalue weighted by Crippen LogP contribution is -2.69. The molecule has 17 nitrogen and oxygen atoms in total. The predicted molar refractivity (Wildman–Crippen MR) is 201 cm³/mol. The Kier molecular flexibility index (Phi) is 11.1. The first-order valence-corrected chi connectivity index (χ1v) is 20.9. The molecule has 9 N–H and O–H groups in total. The van der Waals surface area contributed by atoms with Gasteiger partial charge in [-0.15, -0.1) is 0 Å². The van der Waals surface area contributed by atoms with Crippen LogP contribution in [0.3, 0.4) is 0 Å². The van der Waals surface area contributed by atoms with Gasteiger partial charge < -0.3 is 64.9 Å². The second kappa shape index (κ2) is 14.8. The molecule has 7 aliphatic rings. The molecule has 17 heteroatoms. The largest absolute Gasteiger partial charge is 0.481 e. The maximum atomic E-state index is 14.9. The lowest BCUT2D eigenvalue weighted by atomic mass is 9.33. The molecule has 5 aliphatic carbocycles. The Morgan fingerprint density at radius 2 is 1.32 bits per heavy atom. The van der Waals surface area contributed by atoms with Crippen LogP contribution in [0.4, 0.5) is 0 Å². The third-order valence-corrected chi connectivity index (χ3v) is 17.4. The van der Waals surface area contributed by atoms with Crippen LogP contribution in [0.25, 0.3) is 0 Å². The van der Waals surface area contributed by atoms with Gasteiger partial charge >= 0.3 is 17.9 Å². The zero-order chi connectivity index (χ0) is 43.6. The Morgan fingerprint density at radius 1 is 0.729 bits per heavy atom. The number of carboxylic acids is 3. The van der Waals surface area contributed by atoms with Gasteiger partial charge in [-0.2, -0.15) is 0 Å². The van der Waals surface area contributed by atoms with Gasteiger partial charge in [0, 0.05) is 11.3 Å². The van der Waals surface area contributed by atoms with Crippen molar-refractivity contribution in [3.05, 3.63) is 11.6 Å². The molecule has 7 rings (SSSR count). The van der Waals surface area contributed by atoms with E-state index in [1.165, 1.54) is 0 Å². The Labute approximate surface area is 342 Å². The van der Waals surface area contributed by atoms with Gasteiger partial charge in [0.15, 0.2) is 30.6 Å². The number of hydrogen-bond acceptors (Lipinski definition) is 14. The molecule has 2 aliphatic heterocycles. The highest BCUT2D eigenvalue weighted by Gasteiger charge is 2.71. The minimum absolute atomic E-state index is 0.0119. The van der Waals surface area contributed by atoms with E-state index in [2.05, 4.69) is 27.7 Å². The minimum Gasteiger partial charge on any atom is -0.481 e. The molecule has 0 bridgehead atoms. The molecule has 2 heterocycles. The highest BCUT2D eigenvalue weighted by molar-refractivity contribution is 5.95. The third kappa shape index (κ3) is 6.46. The van der Waals surface area contributed by atoms with E-state index in [9.17, 15) is 65.1 Å². The van der Waals surface area contributed by atoms with Gasteiger partial charge in [-0.25, -0.2) is 9.59 Å². The molecule has 2 saturated heterocycles. The van der Waals surface area contributed by atoms with Crippen molar-refractivity contribution in [2.24, 2.45) is 50.2 Å². The smallest absolute Gasteiger partial charge is 0.335 e. The summed E-state index contributed by atoms with van der Waals surface area (Å²) in [6.07, 6.45) is -13.8. The number of allylic oxidation sites excluding steroid dienone is 2. The molecular weight excluding hydrogens is 776 g/mol. The van der Waals surface area contributed by atoms with Gasteiger partial charge in [0.2, 0.25) is 0 Å². The van der Waals surface area contributed by atoms with Crippen molar-refractivity contribution in [1.29, 1.82) is 0 Å². The third-order valence-electron chi connectivity index (χ3n) is 17.4. The molecular formula is C42H62O17. The summed E-state index contributed by atoms with van der Waals surface area (Å²) < 4.78 is 23.2. The Morgan fingerprint density at radius 3 is 1.92 bits per heavy atom. The first kappa shape index (κ1) is 44.5. The van der Waals surface area contributed by atoms with Gasteiger partial charge in [-0.05, 0) is 104 Å². The normalized spacial score (nSPS) is 53.5. The van der Waals surface area contributed by atoms with Crippen molar-refractivity contribution in [2.45, 2.75) is 167 Å². The molecule has 0 aromatic rings.